The Labute approximate surface area is 108 Å². The van der Waals surface area contributed by atoms with Crippen molar-refractivity contribution >= 4 is 11.5 Å². The van der Waals surface area contributed by atoms with Crippen LogP contribution in [0.15, 0.2) is 12.3 Å². The third-order valence-electron chi connectivity index (χ3n) is 2.84. The second-order valence-electron chi connectivity index (χ2n) is 4.32. The molecule has 0 bridgehead atoms. The number of nitrogens with two attached hydrogens (primary N) is 1. The number of nitriles is 1. The Balaban J connectivity index is 2.59. The molecule has 0 aliphatic rings. The van der Waals surface area contributed by atoms with E-state index >= 15 is 0 Å². The molecule has 0 aliphatic carbocycles. The predicted molar refractivity (Wildman–Crippen MR) is 72.0 cm³/mol. The Morgan fingerprint density at radius 3 is 2.89 bits per heavy atom. The van der Waals surface area contributed by atoms with Crippen molar-refractivity contribution in [1.82, 2.24) is 4.98 Å². The highest BCUT2D eigenvalue weighted by molar-refractivity contribution is 5.62. The summed E-state index contributed by atoms with van der Waals surface area (Å²) in [5.74, 6) is 1.02. The third-order valence-corrected chi connectivity index (χ3v) is 2.84. The molecule has 1 heterocycles. The fourth-order valence-corrected chi connectivity index (χ4v) is 1.87. The summed E-state index contributed by atoms with van der Waals surface area (Å²) in [6.07, 6.45) is 4.42. The number of hydrogen-bond acceptors (Lipinski definition) is 5. The highest BCUT2D eigenvalue weighted by atomic mass is 16.3. The minimum absolute atomic E-state index is 0.197. The van der Waals surface area contributed by atoms with Gasteiger partial charge in [-0.05, 0) is 24.8 Å². The minimum Gasteiger partial charge on any atom is -0.396 e. The summed E-state index contributed by atoms with van der Waals surface area (Å²) < 4.78 is 0. The summed E-state index contributed by atoms with van der Waals surface area (Å²) in [6, 6.07) is 3.60. The lowest BCUT2D eigenvalue weighted by atomic mass is 10.0. The quantitative estimate of drug-likeness (QED) is 0.683. The number of nitrogens with zero attached hydrogens (tertiary/aromatic N) is 2. The molecular formula is C13H20N4O. The number of aromatic nitrogens is 1. The first-order chi connectivity index (χ1) is 8.71. The maximum Gasteiger partial charge on any atom is 0.149 e. The van der Waals surface area contributed by atoms with Gasteiger partial charge in [-0.25, -0.2) is 4.98 Å². The highest BCUT2D eigenvalue weighted by Crippen LogP contribution is 2.18. The number of rotatable bonds is 7. The van der Waals surface area contributed by atoms with Crippen molar-refractivity contribution in [3.8, 4) is 6.07 Å². The van der Waals surface area contributed by atoms with E-state index in [0.717, 1.165) is 25.8 Å². The van der Waals surface area contributed by atoms with Crippen LogP contribution < -0.4 is 11.1 Å². The molecule has 0 fully saturated rings. The van der Waals surface area contributed by atoms with Crippen molar-refractivity contribution < 1.29 is 5.11 Å². The van der Waals surface area contributed by atoms with Crippen LogP contribution in [-0.2, 0) is 0 Å². The molecule has 0 aromatic carbocycles. The van der Waals surface area contributed by atoms with Crippen molar-refractivity contribution in [2.75, 3.05) is 24.2 Å². The molecule has 1 rings (SSSR count). The summed E-state index contributed by atoms with van der Waals surface area (Å²) in [6.45, 7) is 3.05. The van der Waals surface area contributed by atoms with E-state index in [2.05, 4.69) is 17.2 Å². The molecule has 0 saturated carbocycles. The lowest BCUT2D eigenvalue weighted by Gasteiger charge is -2.16. The zero-order valence-electron chi connectivity index (χ0n) is 10.7. The van der Waals surface area contributed by atoms with Crippen LogP contribution in [0.4, 0.5) is 11.5 Å². The summed E-state index contributed by atoms with van der Waals surface area (Å²) in [4.78, 5) is 4.12. The van der Waals surface area contributed by atoms with Gasteiger partial charge in [0, 0.05) is 19.3 Å². The van der Waals surface area contributed by atoms with E-state index in [1.807, 2.05) is 6.07 Å². The van der Waals surface area contributed by atoms with Crippen LogP contribution >= 0.6 is 0 Å². The van der Waals surface area contributed by atoms with E-state index in [9.17, 15) is 0 Å². The topological polar surface area (TPSA) is 95.0 Å². The summed E-state index contributed by atoms with van der Waals surface area (Å²) in [7, 11) is 0. The number of hydrogen-bond donors (Lipinski definition) is 3. The van der Waals surface area contributed by atoms with Crippen LogP contribution in [0, 0.1) is 17.2 Å². The molecule has 5 heteroatoms. The molecule has 0 radical (unpaired) electrons. The van der Waals surface area contributed by atoms with Crippen LogP contribution in [0.3, 0.4) is 0 Å². The molecule has 1 aromatic rings. The van der Waals surface area contributed by atoms with Gasteiger partial charge in [-0.15, -0.1) is 0 Å². The van der Waals surface area contributed by atoms with Gasteiger partial charge in [-0.2, -0.15) is 5.26 Å². The second kappa shape index (κ2) is 7.51. The zero-order chi connectivity index (χ0) is 13.4. The second-order valence-corrected chi connectivity index (χ2v) is 4.32. The van der Waals surface area contributed by atoms with Gasteiger partial charge in [0.15, 0.2) is 0 Å². The van der Waals surface area contributed by atoms with Crippen molar-refractivity contribution in [2.24, 2.45) is 5.92 Å². The first-order valence-electron chi connectivity index (χ1n) is 6.21. The smallest absolute Gasteiger partial charge is 0.149 e. The average molecular weight is 248 g/mol. The van der Waals surface area contributed by atoms with Crippen molar-refractivity contribution in [2.45, 2.75) is 26.2 Å². The standard InChI is InChI=1S/C13H20N4O/c1-2-3-10(4-5-18)8-16-13-12(15)6-11(7-14)9-17-13/h6,9-10,18H,2-5,8,15H2,1H3,(H,16,17). The van der Waals surface area contributed by atoms with Gasteiger partial charge in [0.1, 0.15) is 11.9 Å². The normalized spacial score (nSPS) is 11.8. The predicted octanol–water partition coefficient (Wildman–Crippen LogP) is 1.75. The van der Waals surface area contributed by atoms with Crippen LogP contribution in [-0.4, -0.2) is 23.2 Å². The zero-order valence-corrected chi connectivity index (χ0v) is 10.7. The first kappa shape index (κ1) is 14.3. The molecule has 1 atom stereocenters. The molecule has 4 N–H and O–H groups in total. The Morgan fingerprint density at radius 2 is 2.33 bits per heavy atom. The van der Waals surface area contributed by atoms with Gasteiger partial charge in [0.25, 0.3) is 0 Å². The monoisotopic (exact) mass is 248 g/mol. The average Bonchev–Trinajstić information content (AvgIpc) is 2.37. The van der Waals surface area contributed by atoms with E-state index in [1.54, 1.807) is 6.07 Å². The SMILES string of the molecule is CCCC(CCO)CNc1ncc(C#N)cc1N. The van der Waals surface area contributed by atoms with Gasteiger partial charge < -0.3 is 16.2 Å². The van der Waals surface area contributed by atoms with Gasteiger partial charge in [0.05, 0.1) is 11.3 Å². The van der Waals surface area contributed by atoms with E-state index in [1.165, 1.54) is 6.20 Å². The Hall–Kier alpha value is -1.80. The lowest BCUT2D eigenvalue weighted by Crippen LogP contribution is -2.17. The molecule has 5 nitrogen and oxygen atoms in total. The maximum absolute atomic E-state index is 8.98. The fourth-order valence-electron chi connectivity index (χ4n) is 1.87. The Bertz CT molecular complexity index is 408. The summed E-state index contributed by atoms with van der Waals surface area (Å²) in [5, 5.41) is 20.9. The van der Waals surface area contributed by atoms with Crippen molar-refractivity contribution in [3.63, 3.8) is 0 Å². The number of pyridine rings is 1. The van der Waals surface area contributed by atoms with Crippen LogP contribution in [0.25, 0.3) is 0 Å². The Kier molecular flexibility index (Phi) is 5.95. The molecule has 1 unspecified atom stereocenters. The molecule has 0 saturated heterocycles. The van der Waals surface area contributed by atoms with Crippen LogP contribution in [0.5, 0.6) is 0 Å². The van der Waals surface area contributed by atoms with Gasteiger partial charge in [-0.1, -0.05) is 13.3 Å². The van der Waals surface area contributed by atoms with Crippen molar-refractivity contribution in [1.29, 1.82) is 5.26 Å². The molecule has 98 valence electrons. The van der Waals surface area contributed by atoms with Gasteiger partial charge >= 0.3 is 0 Å². The fraction of sp³-hybridized carbons (Fsp3) is 0.538. The molecule has 18 heavy (non-hydrogen) atoms. The van der Waals surface area contributed by atoms with E-state index < -0.39 is 0 Å². The molecule has 1 aromatic heterocycles. The molecule has 0 aliphatic heterocycles. The van der Waals surface area contributed by atoms with Crippen LogP contribution in [0.1, 0.15) is 31.7 Å². The number of anilines is 2. The minimum atomic E-state index is 0.197. The van der Waals surface area contributed by atoms with Crippen molar-refractivity contribution in [3.05, 3.63) is 17.8 Å². The Morgan fingerprint density at radius 1 is 1.56 bits per heavy atom. The van der Waals surface area contributed by atoms with E-state index in [0.29, 0.717) is 23.0 Å². The van der Waals surface area contributed by atoms with Gasteiger partial charge in [-0.3, -0.25) is 0 Å². The van der Waals surface area contributed by atoms with E-state index in [-0.39, 0.29) is 6.61 Å². The molecular weight excluding hydrogens is 228 g/mol. The summed E-state index contributed by atoms with van der Waals surface area (Å²) in [5.41, 5.74) is 6.74. The number of nitrogens with one attached hydrogen (secondary N) is 1. The molecule has 0 amide bonds. The molecule has 0 spiro atoms. The highest BCUT2D eigenvalue weighted by Gasteiger charge is 2.09. The maximum atomic E-state index is 8.98. The number of aliphatic hydroxyl groups excluding tert-OH is 1. The first-order valence-corrected chi connectivity index (χ1v) is 6.21. The lowest BCUT2D eigenvalue weighted by molar-refractivity contribution is 0.255. The summed E-state index contributed by atoms with van der Waals surface area (Å²) >= 11 is 0. The number of nitrogen functional groups attached to an aromatic ring is 1. The largest absolute Gasteiger partial charge is 0.396 e. The van der Waals surface area contributed by atoms with E-state index in [4.69, 9.17) is 16.1 Å². The van der Waals surface area contributed by atoms with Crippen LogP contribution in [0.2, 0.25) is 0 Å². The third kappa shape index (κ3) is 4.22. The number of aliphatic hydroxyl groups is 1. The van der Waals surface area contributed by atoms with Gasteiger partial charge in [0.2, 0.25) is 0 Å².